The zero-order chi connectivity index (χ0) is 31.3. The molecular formula is C42H45BN2. The van der Waals surface area contributed by atoms with Crippen LogP contribution in [-0.4, -0.2) is 12.3 Å². The number of hydrogen-bond acceptors (Lipinski definition) is 2. The second kappa shape index (κ2) is 8.55. The predicted octanol–water partition coefficient (Wildman–Crippen LogP) is 9.35. The number of para-hydroxylation sites is 1. The number of allylic oxidation sites excluding steroid dienone is 1. The maximum absolute atomic E-state index is 2.87. The number of anilines is 4. The molecule has 2 unspecified atom stereocenters. The summed E-state index contributed by atoms with van der Waals surface area (Å²) in [7, 11) is 0. The van der Waals surface area contributed by atoms with Crippen molar-refractivity contribution in [2.45, 2.75) is 103 Å². The van der Waals surface area contributed by atoms with Gasteiger partial charge in [-0.3, -0.25) is 0 Å². The van der Waals surface area contributed by atoms with E-state index in [9.17, 15) is 0 Å². The topological polar surface area (TPSA) is 6.48 Å². The van der Waals surface area contributed by atoms with Crippen molar-refractivity contribution in [1.82, 2.24) is 0 Å². The summed E-state index contributed by atoms with van der Waals surface area (Å²) >= 11 is 0. The molecule has 9 rings (SSSR count). The van der Waals surface area contributed by atoms with Gasteiger partial charge in [-0.25, -0.2) is 0 Å². The average molecular weight is 589 g/mol. The minimum absolute atomic E-state index is 0.0322. The van der Waals surface area contributed by atoms with Gasteiger partial charge in [0.1, 0.15) is 0 Å². The van der Waals surface area contributed by atoms with Crippen molar-refractivity contribution < 1.29 is 0 Å². The Morgan fingerprint density at radius 1 is 0.756 bits per heavy atom. The normalized spacial score (nSPS) is 25.1. The summed E-state index contributed by atoms with van der Waals surface area (Å²) in [5.41, 5.74) is 18.9. The highest BCUT2D eigenvalue weighted by molar-refractivity contribution is 7.03. The van der Waals surface area contributed by atoms with Crippen LogP contribution in [0.3, 0.4) is 0 Å². The van der Waals surface area contributed by atoms with Crippen LogP contribution in [0.4, 0.5) is 22.7 Å². The number of nitrogens with zero attached hydrogens (tertiary/aromatic N) is 2. The van der Waals surface area contributed by atoms with Gasteiger partial charge in [-0.05, 0) is 101 Å². The molecule has 2 atom stereocenters. The van der Waals surface area contributed by atoms with E-state index in [1.165, 1.54) is 92.8 Å². The molecule has 0 saturated heterocycles. The third-order valence-corrected chi connectivity index (χ3v) is 12.7. The molecule has 45 heavy (non-hydrogen) atoms. The second-order valence-corrected chi connectivity index (χ2v) is 16.6. The fourth-order valence-corrected chi connectivity index (χ4v) is 10.3. The summed E-state index contributed by atoms with van der Waals surface area (Å²) in [4.78, 5) is 5.52. The third kappa shape index (κ3) is 3.23. The molecule has 0 N–H and O–H groups in total. The third-order valence-electron chi connectivity index (χ3n) is 12.7. The summed E-state index contributed by atoms with van der Waals surface area (Å²) < 4.78 is 0. The van der Waals surface area contributed by atoms with E-state index in [1.807, 2.05) is 0 Å². The Bertz CT molecular complexity index is 1980. The van der Waals surface area contributed by atoms with Gasteiger partial charge in [0, 0.05) is 39.3 Å². The van der Waals surface area contributed by atoms with E-state index in [1.54, 1.807) is 5.56 Å². The minimum Gasteiger partial charge on any atom is -0.335 e. The maximum Gasteiger partial charge on any atom is 0.252 e. The van der Waals surface area contributed by atoms with Crippen molar-refractivity contribution in [3.63, 3.8) is 0 Å². The van der Waals surface area contributed by atoms with Gasteiger partial charge in [-0.15, -0.1) is 0 Å². The lowest BCUT2D eigenvalue weighted by atomic mass is 9.32. The zero-order valence-electron chi connectivity index (χ0n) is 28.3. The first-order chi connectivity index (χ1) is 21.4. The van der Waals surface area contributed by atoms with Crippen LogP contribution in [0.2, 0.25) is 0 Å². The fraction of sp³-hybridized carbons (Fsp3) is 0.381. The Balaban J connectivity index is 1.48. The minimum atomic E-state index is -0.142. The van der Waals surface area contributed by atoms with Gasteiger partial charge in [0.05, 0.1) is 5.54 Å². The van der Waals surface area contributed by atoms with E-state index in [0.29, 0.717) is 0 Å². The van der Waals surface area contributed by atoms with Crippen LogP contribution in [0.15, 0.2) is 84.6 Å². The molecule has 2 nitrogen and oxygen atoms in total. The molecule has 2 aliphatic carbocycles. The summed E-state index contributed by atoms with van der Waals surface area (Å²) in [6.45, 7) is 19.8. The van der Waals surface area contributed by atoms with Crippen LogP contribution in [0.1, 0.15) is 102 Å². The molecule has 4 aromatic rings. The van der Waals surface area contributed by atoms with Crippen molar-refractivity contribution in [3.8, 4) is 0 Å². The van der Waals surface area contributed by atoms with Gasteiger partial charge in [-0.2, -0.15) is 0 Å². The molecule has 5 aliphatic rings. The molecule has 4 aromatic carbocycles. The van der Waals surface area contributed by atoms with E-state index in [-0.39, 0.29) is 28.5 Å². The largest absolute Gasteiger partial charge is 0.335 e. The van der Waals surface area contributed by atoms with E-state index in [2.05, 4.69) is 144 Å². The van der Waals surface area contributed by atoms with Crippen molar-refractivity contribution in [1.29, 1.82) is 0 Å². The van der Waals surface area contributed by atoms with Crippen molar-refractivity contribution in [3.05, 3.63) is 112 Å². The molecule has 0 radical (unpaired) electrons. The molecule has 0 spiro atoms. The molecule has 0 bridgehead atoms. The number of benzene rings is 4. The maximum atomic E-state index is 2.87. The molecule has 3 heteroatoms. The first-order valence-corrected chi connectivity index (χ1v) is 17.2. The Morgan fingerprint density at radius 2 is 1.44 bits per heavy atom. The number of fused-ring (bicyclic) bond motifs is 8. The van der Waals surface area contributed by atoms with E-state index in [4.69, 9.17) is 0 Å². The molecule has 0 aromatic heterocycles. The van der Waals surface area contributed by atoms with Gasteiger partial charge in [0.25, 0.3) is 6.71 Å². The summed E-state index contributed by atoms with van der Waals surface area (Å²) in [5.74, 6) is 0. The van der Waals surface area contributed by atoms with Crippen LogP contribution in [-0.2, 0) is 16.2 Å². The van der Waals surface area contributed by atoms with Gasteiger partial charge in [0.2, 0.25) is 0 Å². The predicted molar refractivity (Wildman–Crippen MR) is 193 cm³/mol. The number of hydrogen-bond donors (Lipinski definition) is 0. The Kier molecular flexibility index (Phi) is 5.24. The lowest BCUT2D eigenvalue weighted by molar-refractivity contribution is 0.195. The van der Waals surface area contributed by atoms with Crippen molar-refractivity contribution >= 4 is 45.9 Å². The molecule has 1 saturated carbocycles. The highest BCUT2D eigenvalue weighted by Gasteiger charge is 2.62. The molecule has 1 fully saturated rings. The highest BCUT2D eigenvalue weighted by atomic mass is 15.3. The summed E-state index contributed by atoms with van der Waals surface area (Å²) in [6.07, 6.45) is 5.08. The first-order valence-electron chi connectivity index (χ1n) is 17.2. The van der Waals surface area contributed by atoms with Gasteiger partial charge in [-0.1, -0.05) is 109 Å². The quantitative estimate of drug-likeness (QED) is 0.205. The van der Waals surface area contributed by atoms with E-state index >= 15 is 0 Å². The van der Waals surface area contributed by atoms with Gasteiger partial charge >= 0.3 is 0 Å². The Labute approximate surface area is 270 Å². The number of rotatable bonds is 1. The van der Waals surface area contributed by atoms with Gasteiger partial charge in [0.15, 0.2) is 0 Å². The standard InChI is InChI=1S/C42H45BN2/c1-26-22-33-36-34(23-26)45-37-31(41(7)20-14-15-21-42(41,45)8)24-27(39(2,3)4)25-32(37)43(36)35-29-18-12-13-19-30(29)40(5,6)38(35)44(33)28-16-10-9-11-17-28/h9-13,16-19,22-25H,14-15,20-21H2,1-8H3. The van der Waals surface area contributed by atoms with Crippen molar-refractivity contribution in [2.24, 2.45) is 0 Å². The summed E-state index contributed by atoms with van der Waals surface area (Å²) in [6, 6.07) is 30.7. The Hall–Kier alpha value is -3.72. The van der Waals surface area contributed by atoms with Crippen LogP contribution in [0, 0.1) is 6.92 Å². The van der Waals surface area contributed by atoms with E-state index < -0.39 is 0 Å². The molecule has 3 aliphatic heterocycles. The summed E-state index contributed by atoms with van der Waals surface area (Å²) in [5, 5.41) is 0. The smallest absolute Gasteiger partial charge is 0.252 e. The van der Waals surface area contributed by atoms with Crippen LogP contribution < -0.4 is 20.7 Å². The van der Waals surface area contributed by atoms with E-state index in [0.717, 1.165) is 0 Å². The molecule has 3 heterocycles. The van der Waals surface area contributed by atoms with Crippen LogP contribution >= 0.6 is 0 Å². The molecule has 226 valence electrons. The SMILES string of the molecule is Cc1cc2c3c(c1)N1c4c(cc(C(C)(C)C)cc4C4(C)CCCCC14C)B3C1=C(N2c2ccccc2)C(C)(C)c2ccccc21. The first kappa shape index (κ1) is 27.6. The average Bonchev–Trinajstić information content (AvgIpc) is 3.37. The van der Waals surface area contributed by atoms with Crippen molar-refractivity contribution in [2.75, 3.05) is 9.80 Å². The lowest BCUT2D eigenvalue weighted by Crippen LogP contribution is -2.61. The molecular weight excluding hydrogens is 543 g/mol. The Morgan fingerprint density at radius 3 is 2.20 bits per heavy atom. The van der Waals surface area contributed by atoms with Crippen LogP contribution in [0.5, 0.6) is 0 Å². The highest BCUT2D eigenvalue weighted by Crippen LogP contribution is 2.63. The monoisotopic (exact) mass is 588 g/mol. The number of aryl methyl sites for hydroxylation is 1. The fourth-order valence-electron chi connectivity index (χ4n) is 10.3. The van der Waals surface area contributed by atoms with Crippen LogP contribution in [0.25, 0.3) is 5.47 Å². The molecule has 0 amide bonds. The lowest BCUT2D eigenvalue weighted by Gasteiger charge is -2.53. The zero-order valence-corrected chi connectivity index (χ0v) is 28.3. The van der Waals surface area contributed by atoms with Gasteiger partial charge < -0.3 is 9.80 Å². The second-order valence-electron chi connectivity index (χ2n) is 16.6.